The highest BCUT2D eigenvalue weighted by molar-refractivity contribution is 7.89. The quantitative estimate of drug-likeness (QED) is 0.872. The first-order valence-electron chi connectivity index (χ1n) is 7.93. The Bertz CT molecular complexity index is 871. The average molecular weight is 367 g/mol. The van der Waals surface area contributed by atoms with Gasteiger partial charge in [0.05, 0.1) is 6.54 Å². The molecule has 0 radical (unpaired) electrons. The van der Waals surface area contributed by atoms with E-state index in [9.17, 15) is 22.7 Å². The van der Waals surface area contributed by atoms with Crippen LogP contribution in [0.3, 0.4) is 0 Å². The summed E-state index contributed by atoms with van der Waals surface area (Å²) in [5.41, 5.74) is 0.329. The standard InChI is InChI=1S/C16H18FN3O4S/c17-13-6-4-12(5-7-13)10-19-11-14(16(21)22)15(18-19)25(23,24)20-8-2-1-3-9-20/h4-7,11H,1-3,8-10H2,(H,21,22). The Kier molecular flexibility index (Phi) is 4.87. The number of rotatable bonds is 5. The summed E-state index contributed by atoms with van der Waals surface area (Å²) in [5, 5.41) is 12.9. The molecule has 7 nitrogen and oxygen atoms in total. The molecule has 0 aliphatic carbocycles. The number of sulfonamides is 1. The van der Waals surface area contributed by atoms with Crippen LogP contribution in [0.4, 0.5) is 4.39 Å². The van der Waals surface area contributed by atoms with E-state index in [4.69, 9.17) is 0 Å². The van der Waals surface area contributed by atoms with Crippen molar-refractivity contribution >= 4 is 16.0 Å². The molecule has 0 bridgehead atoms. The van der Waals surface area contributed by atoms with Crippen LogP contribution in [0, 0.1) is 5.82 Å². The number of carboxylic acids is 1. The molecule has 25 heavy (non-hydrogen) atoms. The highest BCUT2D eigenvalue weighted by atomic mass is 32.2. The Morgan fingerprint density at radius 1 is 1.16 bits per heavy atom. The summed E-state index contributed by atoms with van der Waals surface area (Å²) in [7, 11) is -3.96. The van der Waals surface area contributed by atoms with Crippen LogP contribution in [-0.4, -0.2) is 46.7 Å². The van der Waals surface area contributed by atoms with E-state index in [1.165, 1.54) is 39.4 Å². The van der Waals surface area contributed by atoms with E-state index in [0.29, 0.717) is 18.7 Å². The van der Waals surface area contributed by atoms with Crippen LogP contribution in [0.25, 0.3) is 0 Å². The van der Waals surface area contributed by atoms with Crippen LogP contribution in [0.2, 0.25) is 0 Å². The molecule has 1 aromatic heterocycles. The molecule has 3 rings (SSSR count). The molecule has 1 aliphatic heterocycles. The lowest BCUT2D eigenvalue weighted by atomic mass is 10.2. The minimum absolute atomic E-state index is 0.149. The zero-order valence-corrected chi connectivity index (χ0v) is 14.2. The van der Waals surface area contributed by atoms with Crippen LogP contribution >= 0.6 is 0 Å². The van der Waals surface area contributed by atoms with E-state index >= 15 is 0 Å². The Morgan fingerprint density at radius 3 is 2.40 bits per heavy atom. The van der Waals surface area contributed by atoms with E-state index < -0.39 is 21.0 Å². The third-order valence-corrected chi connectivity index (χ3v) is 5.95. The number of piperidine rings is 1. The van der Waals surface area contributed by atoms with Gasteiger partial charge in [-0.05, 0) is 30.5 Å². The van der Waals surface area contributed by atoms with Crippen LogP contribution in [0.5, 0.6) is 0 Å². The Hall–Kier alpha value is -2.26. The smallest absolute Gasteiger partial charge is 0.340 e. The molecule has 0 atom stereocenters. The van der Waals surface area contributed by atoms with Gasteiger partial charge in [0.15, 0.2) is 0 Å². The Morgan fingerprint density at radius 2 is 1.80 bits per heavy atom. The monoisotopic (exact) mass is 367 g/mol. The molecule has 0 unspecified atom stereocenters. The molecule has 9 heteroatoms. The number of carboxylic acid groups (broad SMARTS) is 1. The zero-order valence-electron chi connectivity index (χ0n) is 13.4. The summed E-state index contributed by atoms with van der Waals surface area (Å²) in [5.74, 6) is -1.73. The van der Waals surface area contributed by atoms with Crippen LogP contribution < -0.4 is 0 Å². The molecule has 1 aromatic carbocycles. The minimum Gasteiger partial charge on any atom is -0.478 e. The van der Waals surface area contributed by atoms with Crippen LogP contribution in [0.15, 0.2) is 35.5 Å². The lowest BCUT2D eigenvalue weighted by Crippen LogP contribution is -2.36. The number of aromatic carboxylic acids is 1. The summed E-state index contributed by atoms with van der Waals surface area (Å²) >= 11 is 0. The van der Waals surface area contributed by atoms with Gasteiger partial charge in [-0.25, -0.2) is 17.6 Å². The second-order valence-electron chi connectivity index (χ2n) is 5.94. The number of halogens is 1. The second-order valence-corrected chi connectivity index (χ2v) is 7.80. The first kappa shape index (κ1) is 17.6. The van der Waals surface area contributed by atoms with Gasteiger partial charge in [-0.3, -0.25) is 4.68 Å². The van der Waals surface area contributed by atoms with Crippen molar-refractivity contribution in [2.24, 2.45) is 0 Å². The maximum Gasteiger partial charge on any atom is 0.340 e. The molecule has 1 fully saturated rings. The number of hydrogen-bond acceptors (Lipinski definition) is 4. The van der Waals surface area contributed by atoms with Crippen LogP contribution in [0.1, 0.15) is 35.2 Å². The molecule has 1 N–H and O–H groups in total. The van der Waals surface area contributed by atoms with Gasteiger partial charge in [0.25, 0.3) is 10.0 Å². The number of aromatic nitrogens is 2. The Labute approximate surface area is 144 Å². The van der Waals surface area contributed by atoms with Crippen molar-refractivity contribution in [3.63, 3.8) is 0 Å². The minimum atomic E-state index is -3.96. The summed E-state index contributed by atoms with van der Waals surface area (Å²) in [6, 6.07) is 5.64. The van der Waals surface area contributed by atoms with Gasteiger partial charge in [0, 0.05) is 19.3 Å². The van der Waals surface area contributed by atoms with Gasteiger partial charge in [0.1, 0.15) is 11.4 Å². The van der Waals surface area contributed by atoms with Gasteiger partial charge in [0.2, 0.25) is 5.03 Å². The highest BCUT2D eigenvalue weighted by Crippen LogP contribution is 2.23. The van der Waals surface area contributed by atoms with Crippen molar-refractivity contribution in [1.29, 1.82) is 0 Å². The molecular formula is C16H18FN3O4S. The number of carbonyl (C=O) groups is 1. The highest BCUT2D eigenvalue weighted by Gasteiger charge is 2.33. The molecule has 2 aromatic rings. The molecule has 2 heterocycles. The normalized spacial score (nSPS) is 16.0. The van der Waals surface area contributed by atoms with E-state index in [1.54, 1.807) is 0 Å². The molecule has 0 saturated carbocycles. The molecule has 0 amide bonds. The van der Waals surface area contributed by atoms with Crippen LogP contribution in [-0.2, 0) is 16.6 Å². The fourth-order valence-corrected chi connectivity index (χ4v) is 4.44. The van der Waals surface area contributed by atoms with E-state index in [-0.39, 0.29) is 17.9 Å². The molecule has 0 spiro atoms. The zero-order chi connectivity index (χ0) is 18.0. The van der Waals surface area contributed by atoms with Crippen molar-refractivity contribution < 1.29 is 22.7 Å². The van der Waals surface area contributed by atoms with Gasteiger partial charge in [-0.1, -0.05) is 18.6 Å². The predicted molar refractivity (Wildman–Crippen MR) is 87.3 cm³/mol. The van der Waals surface area contributed by atoms with Crippen molar-refractivity contribution in [1.82, 2.24) is 14.1 Å². The lowest BCUT2D eigenvalue weighted by Gasteiger charge is -2.25. The molecule has 134 valence electrons. The summed E-state index contributed by atoms with van der Waals surface area (Å²) < 4.78 is 41.0. The number of nitrogens with zero attached hydrogens (tertiary/aromatic N) is 3. The maximum absolute atomic E-state index is 13.0. The molecular weight excluding hydrogens is 349 g/mol. The lowest BCUT2D eigenvalue weighted by molar-refractivity contribution is 0.0692. The van der Waals surface area contributed by atoms with E-state index in [2.05, 4.69) is 5.10 Å². The Balaban J connectivity index is 1.94. The second kappa shape index (κ2) is 6.93. The predicted octanol–water partition coefficient (Wildman–Crippen LogP) is 1.94. The summed E-state index contributed by atoms with van der Waals surface area (Å²) in [6.45, 7) is 0.883. The average Bonchev–Trinajstić information content (AvgIpc) is 3.03. The van der Waals surface area contributed by atoms with Gasteiger partial charge in [-0.2, -0.15) is 9.40 Å². The fourth-order valence-electron chi connectivity index (χ4n) is 2.83. The molecule has 1 saturated heterocycles. The summed E-state index contributed by atoms with van der Waals surface area (Å²) in [4.78, 5) is 11.5. The number of benzene rings is 1. The van der Waals surface area contributed by atoms with E-state index in [1.807, 2.05) is 0 Å². The topological polar surface area (TPSA) is 92.5 Å². The van der Waals surface area contributed by atoms with Crippen molar-refractivity contribution in [3.05, 3.63) is 47.4 Å². The maximum atomic E-state index is 13.0. The largest absolute Gasteiger partial charge is 0.478 e. The van der Waals surface area contributed by atoms with Crippen molar-refractivity contribution in [2.45, 2.75) is 30.8 Å². The number of hydrogen-bond donors (Lipinski definition) is 1. The van der Waals surface area contributed by atoms with Crippen molar-refractivity contribution in [3.8, 4) is 0 Å². The SMILES string of the molecule is O=C(O)c1cn(Cc2ccc(F)cc2)nc1S(=O)(=O)N1CCCCC1. The third-order valence-electron chi connectivity index (χ3n) is 4.12. The van der Waals surface area contributed by atoms with Gasteiger partial charge in [-0.15, -0.1) is 0 Å². The molecule has 1 aliphatic rings. The first-order valence-corrected chi connectivity index (χ1v) is 9.37. The van der Waals surface area contributed by atoms with Gasteiger partial charge < -0.3 is 5.11 Å². The first-order chi connectivity index (χ1) is 11.9. The fraction of sp³-hybridized carbons (Fsp3) is 0.375. The van der Waals surface area contributed by atoms with E-state index in [0.717, 1.165) is 19.3 Å². The van der Waals surface area contributed by atoms with Crippen molar-refractivity contribution in [2.75, 3.05) is 13.1 Å². The summed E-state index contributed by atoms with van der Waals surface area (Å²) in [6.07, 6.45) is 3.65. The third kappa shape index (κ3) is 3.72. The van der Waals surface area contributed by atoms with Gasteiger partial charge >= 0.3 is 5.97 Å².